The van der Waals surface area contributed by atoms with E-state index in [1.807, 2.05) is 0 Å². The quantitative estimate of drug-likeness (QED) is 0.713. The van der Waals surface area contributed by atoms with Crippen molar-refractivity contribution < 1.29 is 22.5 Å². The maximum absolute atomic E-state index is 13.0. The number of rotatable bonds is 4. The van der Waals surface area contributed by atoms with Crippen molar-refractivity contribution in [2.45, 2.75) is 6.43 Å². The van der Waals surface area contributed by atoms with Crippen molar-refractivity contribution >= 4 is 11.6 Å². The molecule has 25 heavy (non-hydrogen) atoms. The molecule has 0 aliphatic carbocycles. The number of hydrogen-bond donors (Lipinski definition) is 0. The fourth-order valence-corrected chi connectivity index (χ4v) is 2.18. The maximum atomic E-state index is 13.0. The van der Waals surface area contributed by atoms with Crippen LogP contribution in [0.4, 0.5) is 18.9 Å². The van der Waals surface area contributed by atoms with E-state index in [0.717, 1.165) is 0 Å². The van der Waals surface area contributed by atoms with Crippen LogP contribution in [0.25, 0.3) is 11.4 Å². The number of alkyl halides is 2. The second-order valence-corrected chi connectivity index (χ2v) is 5.17. The number of carbonyl (C=O) groups is 1. The number of anilines is 1. The molecule has 3 rings (SSSR count). The van der Waals surface area contributed by atoms with Crippen LogP contribution in [0.1, 0.15) is 22.7 Å². The van der Waals surface area contributed by atoms with E-state index in [2.05, 4.69) is 14.7 Å². The Kier molecular flexibility index (Phi) is 4.51. The van der Waals surface area contributed by atoms with Crippen LogP contribution in [0, 0.1) is 5.82 Å². The summed E-state index contributed by atoms with van der Waals surface area (Å²) in [5.41, 5.74) is 1.35. The van der Waals surface area contributed by atoms with Gasteiger partial charge in [-0.05, 0) is 36.4 Å². The van der Waals surface area contributed by atoms with Gasteiger partial charge in [0.25, 0.3) is 11.8 Å². The predicted molar refractivity (Wildman–Crippen MR) is 83.8 cm³/mol. The zero-order valence-electron chi connectivity index (χ0n) is 13.0. The van der Waals surface area contributed by atoms with E-state index in [-0.39, 0.29) is 11.7 Å². The van der Waals surface area contributed by atoms with Crippen molar-refractivity contribution in [1.82, 2.24) is 10.1 Å². The third-order valence-corrected chi connectivity index (χ3v) is 3.54. The second-order valence-electron chi connectivity index (χ2n) is 5.17. The van der Waals surface area contributed by atoms with E-state index in [0.29, 0.717) is 16.8 Å². The number of halogens is 3. The largest absolute Gasteiger partial charge is 0.333 e. The summed E-state index contributed by atoms with van der Waals surface area (Å²) in [6.07, 6.45) is -2.84. The number of carbonyl (C=O) groups excluding carboxylic acids is 1. The van der Waals surface area contributed by atoms with Crippen LogP contribution in [-0.4, -0.2) is 23.1 Å². The monoisotopic (exact) mass is 347 g/mol. The lowest BCUT2D eigenvalue weighted by molar-refractivity contribution is 0.0992. The molecule has 3 aromatic rings. The molecule has 5 nitrogen and oxygen atoms in total. The number of benzene rings is 2. The Morgan fingerprint density at radius 2 is 1.72 bits per heavy atom. The Balaban J connectivity index is 1.79. The first-order valence-corrected chi connectivity index (χ1v) is 7.21. The van der Waals surface area contributed by atoms with Gasteiger partial charge in [0, 0.05) is 23.9 Å². The Hall–Kier alpha value is -3.16. The van der Waals surface area contributed by atoms with Gasteiger partial charge in [-0.3, -0.25) is 4.79 Å². The zero-order chi connectivity index (χ0) is 18.0. The van der Waals surface area contributed by atoms with Crippen LogP contribution in [0.3, 0.4) is 0 Å². The summed E-state index contributed by atoms with van der Waals surface area (Å²) in [6.45, 7) is 0. The average Bonchev–Trinajstić information content (AvgIpc) is 3.12. The molecule has 0 aliphatic heterocycles. The normalized spacial score (nSPS) is 10.9. The summed E-state index contributed by atoms with van der Waals surface area (Å²) in [7, 11) is 1.57. The molecule has 0 saturated heterocycles. The smallest absolute Gasteiger partial charge is 0.315 e. The van der Waals surface area contributed by atoms with Gasteiger partial charge in [-0.15, -0.1) is 0 Å². The number of hydrogen-bond acceptors (Lipinski definition) is 4. The Morgan fingerprint density at radius 1 is 1.08 bits per heavy atom. The van der Waals surface area contributed by atoms with E-state index in [9.17, 15) is 18.0 Å². The average molecular weight is 347 g/mol. The molecule has 0 radical (unpaired) electrons. The Bertz CT molecular complexity index is 877. The third kappa shape index (κ3) is 3.52. The lowest BCUT2D eigenvalue weighted by Gasteiger charge is -2.17. The molecule has 1 heterocycles. The van der Waals surface area contributed by atoms with Gasteiger partial charge in [0.05, 0.1) is 0 Å². The molecule has 0 spiro atoms. The summed E-state index contributed by atoms with van der Waals surface area (Å²) < 4.78 is 42.4. The van der Waals surface area contributed by atoms with Crippen molar-refractivity contribution in [3.8, 4) is 11.4 Å². The van der Waals surface area contributed by atoms with Crippen molar-refractivity contribution in [3.05, 3.63) is 65.8 Å². The second kappa shape index (κ2) is 6.76. The van der Waals surface area contributed by atoms with Crippen molar-refractivity contribution in [2.24, 2.45) is 0 Å². The molecule has 0 aliphatic rings. The first-order valence-electron chi connectivity index (χ1n) is 7.21. The maximum Gasteiger partial charge on any atom is 0.315 e. The topological polar surface area (TPSA) is 59.2 Å². The molecule has 8 heteroatoms. The van der Waals surface area contributed by atoms with E-state index >= 15 is 0 Å². The molecule has 0 atom stereocenters. The number of nitrogens with zero attached hydrogens (tertiary/aromatic N) is 3. The standard InChI is InChI=1S/C17H12F3N3O2/c1-23(13-8-6-12(18)7-9-13)17(24)11-4-2-10(3-5-11)15-21-16(14(19)20)25-22-15/h2-9,14H,1H3. The minimum absolute atomic E-state index is 0.0150. The highest BCUT2D eigenvalue weighted by Gasteiger charge is 2.18. The first-order chi connectivity index (χ1) is 12.0. The molecule has 1 amide bonds. The van der Waals surface area contributed by atoms with Gasteiger partial charge >= 0.3 is 6.43 Å². The third-order valence-electron chi connectivity index (χ3n) is 3.54. The van der Waals surface area contributed by atoms with Crippen molar-refractivity contribution in [1.29, 1.82) is 0 Å². The molecule has 0 unspecified atom stereocenters. The molecule has 0 fully saturated rings. The van der Waals surface area contributed by atoms with E-state index < -0.39 is 18.1 Å². The van der Waals surface area contributed by atoms with Crippen LogP contribution in [0.5, 0.6) is 0 Å². The molecule has 128 valence electrons. The van der Waals surface area contributed by atoms with Gasteiger partial charge in [-0.2, -0.15) is 13.8 Å². The lowest BCUT2D eigenvalue weighted by Crippen LogP contribution is -2.26. The Morgan fingerprint density at radius 3 is 2.28 bits per heavy atom. The van der Waals surface area contributed by atoms with Crippen LogP contribution < -0.4 is 4.90 Å². The number of amides is 1. The van der Waals surface area contributed by atoms with Gasteiger partial charge in [0.15, 0.2) is 0 Å². The highest BCUT2D eigenvalue weighted by Crippen LogP contribution is 2.22. The van der Waals surface area contributed by atoms with E-state index in [1.54, 1.807) is 7.05 Å². The molecular formula is C17H12F3N3O2. The molecule has 0 N–H and O–H groups in total. The fraction of sp³-hybridized carbons (Fsp3) is 0.118. The van der Waals surface area contributed by atoms with Gasteiger partial charge in [0.2, 0.25) is 5.82 Å². The van der Waals surface area contributed by atoms with Gasteiger partial charge < -0.3 is 9.42 Å². The number of aromatic nitrogens is 2. The van der Waals surface area contributed by atoms with Gasteiger partial charge in [0.1, 0.15) is 5.82 Å². The molecular weight excluding hydrogens is 335 g/mol. The Labute approximate surface area is 140 Å². The van der Waals surface area contributed by atoms with Crippen LogP contribution in [0.15, 0.2) is 53.1 Å². The van der Waals surface area contributed by atoms with Crippen molar-refractivity contribution in [2.75, 3.05) is 11.9 Å². The lowest BCUT2D eigenvalue weighted by atomic mass is 10.1. The van der Waals surface area contributed by atoms with Gasteiger partial charge in [-0.25, -0.2) is 4.39 Å². The van der Waals surface area contributed by atoms with Gasteiger partial charge in [-0.1, -0.05) is 17.3 Å². The van der Waals surface area contributed by atoms with Crippen molar-refractivity contribution in [3.63, 3.8) is 0 Å². The van der Waals surface area contributed by atoms with Crippen LogP contribution >= 0.6 is 0 Å². The van der Waals surface area contributed by atoms with E-state index in [4.69, 9.17) is 0 Å². The minimum Gasteiger partial charge on any atom is -0.333 e. The zero-order valence-corrected chi connectivity index (χ0v) is 13.0. The molecule has 2 aromatic carbocycles. The minimum atomic E-state index is -2.84. The summed E-state index contributed by atoms with van der Waals surface area (Å²) in [4.78, 5) is 17.4. The molecule has 0 saturated carbocycles. The van der Waals surface area contributed by atoms with Crippen LogP contribution in [0.2, 0.25) is 0 Å². The fourth-order valence-electron chi connectivity index (χ4n) is 2.18. The molecule has 0 bridgehead atoms. The summed E-state index contributed by atoms with van der Waals surface area (Å²) in [5.74, 6) is -1.44. The molecule has 1 aromatic heterocycles. The summed E-state index contributed by atoms with van der Waals surface area (Å²) in [5, 5.41) is 3.48. The highest BCUT2D eigenvalue weighted by atomic mass is 19.3. The SMILES string of the molecule is CN(C(=O)c1ccc(-c2noc(C(F)F)n2)cc1)c1ccc(F)cc1. The van der Waals surface area contributed by atoms with Crippen LogP contribution in [-0.2, 0) is 0 Å². The summed E-state index contributed by atoms with van der Waals surface area (Å²) >= 11 is 0. The summed E-state index contributed by atoms with van der Waals surface area (Å²) in [6, 6.07) is 11.6. The first kappa shape index (κ1) is 16.7. The highest BCUT2D eigenvalue weighted by molar-refractivity contribution is 6.05. The van der Waals surface area contributed by atoms with E-state index in [1.165, 1.54) is 53.4 Å². The predicted octanol–water partition coefficient (Wildman–Crippen LogP) is 4.09.